The molecule has 1 aromatic carbocycles. The lowest BCUT2D eigenvalue weighted by Gasteiger charge is -2.12. The van der Waals surface area contributed by atoms with Gasteiger partial charge in [-0.1, -0.05) is 24.3 Å². The SMILES string of the molecule is Cc1cccc(Cc2nc3c(-c4ccncn4)c(-c4ccccc4C#N)nc(N)n3n2)n1. The molecule has 0 aliphatic carbocycles. The zero-order chi connectivity index (χ0) is 22.1. The number of nitrogens with zero attached hydrogens (tertiary/aromatic N) is 8. The van der Waals surface area contributed by atoms with Crippen molar-refractivity contribution in [3.63, 3.8) is 0 Å². The molecule has 9 heteroatoms. The third kappa shape index (κ3) is 3.40. The molecule has 154 valence electrons. The van der Waals surface area contributed by atoms with Gasteiger partial charge in [0.05, 0.1) is 35.0 Å². The van der Waals surface area contributed by atoms with Crippen LogP contribution in [-0.4, -0.2) is 34.5 Å². The number of nitrogen functional groups attached to an aromatic ring is 1. The number of hydrogen-bond acceptors (Lipinski definition) is 8. The topological polar surface area (TPSA) is 132 Å². The molecule has 0 aliphatic heterocycles. The van der Waals surface area contributed by atoms with Gasteiger partial charge < -0.3 is 5.73 Å². The number of aromatic nitrogens is 7. The Morgan fingerprint density at radius 2 is 1.91 bits per heavy atom. The van der Waals surface area contributed by atoms with Crippen molar-refractivity contribution >= 4 is 11.6 Å². The molecule has 4 aromatic heterocycles. The summed E-state index contributed by atoms with van der Waals surface area (Å²) in [5.74, 6) is 0.717. The number of benzene rings is 1. The second-order valence-electron chi connectivity index (χ2n) is 7.16. The van der Waals surface area contributed by atoms with E-state index in [9.17, 15) is 5.26 Å². The maximum atomic E-state index is 9.64. The zero-order valence-corrected chi connectivity index (χ0v) is 17.1. The van der Waals surface area contributed by atoms with Crippen LogP contribution in [0.5, 0.6) is 0 Å². The summed E-state index contributed by atoms with van der Waals surface area (Å²) in [5.41, 5.74) is 11.4. The van der Waals surface area contributed by atoms with E-state index in [4.69, 9.17) is 10.7 Å². The first-order valence-electron chi connectivity index (χ1n) is 9.87. The molecular weight excluding hydrogens is 402 g/mol. The van der Waals surface area contributed by atoms with E-state index in [2.05, 4.69) is 31.1 Å². The van der Waals surface area contributed by atoms with Gasteiger partial charge in [0.25, 0.3) is 0 Å². The number of nitriles is 1. The van der Waals surface area contributed by atoms with Gasteiger partial charge in [-0.25, -0.2) is 19.9 Å². The molecule has 0 unspecified atom stereocenters. The molecule has 0 spiro atoms. The van der Waals surface area contributed by atoms with Crippen LogP contribution in [0.4, 0.5) is 5.95 Å². The standard InChI is InChI=1S/C23H17N9/c1-14-5-4-7-16(28-14)11-19-29-22-20(18-9-10-26-13-27-18)21(30-23(25)32(22)31-19)17-8-3-2-6-15(17)12-24/h2-10,13H,11H2,1H3,(H2,25,30). The molecule has 0 radical (unpaired) electrons. The highest BCUT2D eigenvalue weighted by Crippen LogP contribution is 2.35. The van der Waals surface area contributed by atoms with Crippen LogP contribution in [0.1, 0.15) is 22.8 Å². The highest BCUT2D eigenvalue weighted by molar-refractivity contribution is 5.90. The molecule has 0 fully saturated rings. The van der Waals surface area contributed by atoms with Crippen molar-refractivity contribution in [2.24, 2.45) is 0 Å². The molecule has 0 atom stereocenters. The normalized spacial score (nSPS) is 10.9. The average molecular weight is 419 g/mol. The number of hydrogen-bond donors (Lipinski definition) is 1. The molecule has 0 saturated carbocycles. The minimum absolute atomic E-state index is 0.163. The van der Waals surface area contributed by atoms with Crippen molar-refractivity contribution in [1.82, 2.24) is 34.5 Å². The molecular formula is C23H17N9. The van der Waals surface area contributed by atoms with E-state index >= 15 is 0 Å². The van der Waals surface area contributed by atoms with Gasteiger partial charge >= 0.3 is 0 Å². The largest absolute Gasteiger partial charge is 0.368 e. The zero-order valence-electron chi connectivity index (χ0n) is 17.1. The first-order valence-corrected chi connectivity index (χ1v) is 9.87. The second-order valence-corrected chi connectivity index (χ2v) is 7.16. The molecule has 5 rings (SSSR count). The van der Waals surface area contributed by atoms with Gasteiger partial charge in [0.1, 0.15) is 6.33 Å². The average Bonchev–Trinajstić information content (AvgIpc) is 3.23. The van der Waals surface area contributed by atoms with Crippen molar-refractivity contribution in [1.29, 1.82) is 5.26 Å². The molecule has 0 aliphatic rings. The quantitative estimate of drug-likeness (QED) is 0.470. The Morgan fingerprint density at radius 3 is 2.69 bits per heavy atom. The summed E-state index contributed by atoms with van der Waals surface area (Å²) in [7, 11) is 0. The first-order chi connectivity index (χ1) is 15.6. The van der Waals surface area contributed by atoms with Crippen molar-refractivity contribution in [2.45, 2.75) is 13.3 Å². The van der Waals surface area contributed by atoms with E-state index in [1.165, 1.54) is 10.8 Å². The predicted molar refractivity (Wildman–Crippen MR) is 118 cm³/mol. The minimum atomic E-state index is 0.163. The van der Waals surface area contributed by atoms with Crippen molar-refractivity contribution < 1.29 is 0 Å². The fourth-order valence-electron chi connectivity index (χ4n) is 3.59. The lowest BCUT2D eigenvalue weighted by atomic mass is 9.99. The lowest BCUT2D eigenvalue weighted by Crippen LogP contribution is -2.07. The van der Waals surface area contributed by atoms with E-state index in [0.29, 0.717) is 46.0 Å². The molecule has 4 heterocycles. The van der Waals surface area contributed by atoms with Gasteiger partial charge in [0, 0.05) is 23.1 Å². The molecule has 0 amide bonds. The Bertz CT molecular complexity index is 1480. The lowest BCUT2D eigenvalue weighted by molar-refractivity contribution is 0.876. The number of pyridine rings is 1. The summed E-state index contributed by atoms with van der Waals surface area (Å²) >= 11 is 0. The van der Waals surface area contributed by atoms with Crippen molar-refractivity contribution in [2.75, 3.05) is 5.73 Å². The summed E-state index contributed by atoms with van der Waals surface area (Å²) in [4.78, 5) is 22.3. The number of fused-ring (bicyclic) bond motifs is 1. The van der Waals surface area contributed by atoms with Gasteiger partial charge in [-0.05, 0) is 31.2 Å². The van der Waals surface area contributed by atoms with Crippen LogP contribution < -0.4 is 5.73 Å². The maximum Gasteiger partial charge on any atom is 0.223 e. The first kappa shape index (κ1) is 19.3. The van der Waals surface area contributed by atoms with Crippen LogP contribution in [0, 0.1) is 18.3 Å². The number of anilines is 1. The van der Waals surface area contributed by atoms with Crippen LogP contribution in [-0.2, 0) is 6.42 Å². The third-order valence-corrected chi connectivity index (χ3v) is 4.98. The highest BCUT2D eigenvalue weighted by Gasteiger charge is 2.22. The number of nitrogens with two attached hydrogens (primary N) is 1. The maximum absolute atomic E-state index is 9.64. The Labute approximate surface area is 183 Å². The molecule has 5 aromatic rings. The van der Waals surface area contributed by atoms with E-state index < -0.39 is 0 Å². The number of aryl methyl sites for hydroxylation is 1. The van der Waals surface area contributed by atoms with Crippen molar-refractivity contribution in [3.05, 3.63) is 83.8 Å². The van der Waals surface area contributed by atoms with Crippen LogP contribution in [0.15, 0.2) is 61.1 Å². The summed E-state index contributed by atoms with van der Waals surface area (Å²) in [6, 6.07) is 17.0. The highest BCUT2D eigenvalue weighted by atomic mass is 15.4. The van der Waals surface area contributed by atoms with Gasteiger partial charge in [0.2, 0.25) is 5.95 Å². The van der Waals surface area contributed by atoms with Gasteiger partial charge in [-0.15, -0.1) is 5.10 Å². The van der Waals surface area contributed by atoms with E-state index in [-0.39, 0.29) is 5.95 Å². The van der Waals surface area contributed by atoms with Gasteiger partial charge in [-0.3, -0.25) is 4.98 Å². The predicted octanol–water partition coefficient (Wildman–Crippen LogP) is 3.00. The van der Waals surface area contributed by atoms with E-state index in [0.717, 1.165) is 11.4 Å². The van der Waals surface area contributed by atoms with Crippen LogP contribution in [0.3, 0.4) is 0 Å². The third-order valence-electron chi connectivity index (χ3n) is 4.98. The fraction of sp³-hybridized carbons (Fsp3) is 0.0870. The summed E-state index contributed by atoms with van der Waals surface area (Å²) in [6.07, 6.45) is 3.54. The van der Waals surface area contributed by atoms with Crippen LogP contribution in [0.2, 0.25) is 0 Å². The van der Waals surface area contributed by atoms with Crippen LogP contribution >= 0.6 is 0 Å². The van der Waals surface area contributed by atoms with E-state index in [1.807, 2.05) is 37.3 Å². The van der Waals surface area contributed by atoms with Gasteiger partial charge in [-0.2, -0.15) is 9.78 Å². The smallest absolute Gasteiger partial charge is 0.223 e. The molecule has 0 saturated heterocycles. The number of rotatable bonds is 4. The molecule has 9 nitrogen and oxygen atoms in total. The Balaban J connectivity index is 1.77. The molecule has 32 heavy (non-hydrogen) atoms. The monoisotopic (exact) mass is 419 g/mol. The fourth-order valence-corrected chi connectivity index (χ4v) is 3.59. The van der Waals surface area contributed by atoms with Crippen molar-refractivity contribution in [3.8, 4) is 28.6 Å². The molecule has 2 N–H and O–H groups in total. The Morgan fingerprint density at radius 1 is 1.03 bits per heavy atom. The summed E-state index contributed by atoms with van der Waals surface area (Å²) in [5, 5.41) is 14.2. The Kier molecular flexibility index (Phi) is 4.72. The van der Waals surface area contributed by atoms with Gasteiger partial charge in [0.15, 0.2) is 11.5 Å². The molecule has 0 bridgehead atoms. The second kappa shape index (κ2) is 7.85. The summed E-state index contributed by atoms with van der Waals surface area (Å²) < 4.78 is 1.50. The van der Waals surface area contributed by atoms with Crippen LogP contribution in [0.25, 0.3) is 28.2 Å². The summed E-state index contributed by atoms with van der Waals surface area (Å²) in [6.45, 7) is 1.94. The minimum Gasteiger partial charge on any atom is -0.368 e. The van der Waals surface area contributed by atoms with E-state index in [1.54, 1.807) is 24.4 Å². The Hall–Kier alpha value is -4.71.